The molecule has 0 fully saturated rings. The van der Waals surface area contributed by atoms with Gasteiger partial charge in [0.1, 0.15) is 11.3 Å². The van der Waals surface area contributed by atoms with Crippen molar-refractivity contribution in [2.24, 2.45) is 0 Å². The van der Waals surface area contributed by atoms with Crippen molar-refractivity contribution in [3.63, 3.8) is 0 Å². The van der Waals surface area contributed by atoms with Crippen LogP contribution in [0.5, 0.6) is 5.75 Å². The van der Waals surface area contributed by atoms with Crippen molar-refractivity contribution in [2.45, 2.75) is 4.83 Å². The average molecular weight is 345 g/mol. The molecular weight excluding hydrogens is 332 g/mol. The maximum absolute atomic E-state index is 11.8. The molecule has 0 aliphatic heterocycles. The Kier molecular flexibility index (Phi) is 3.80. The van der Waals surface area contributed by atoms with E-state index in [-0.39, 0.29) is 10.5 Å². The van der Waals surface area contributed by atoms with Gasteiger partial charge in [0.25, 0.3) is 0 Å². The molecule has 0 amide bonds. The maximum atomic E-state index is 11.8. The normalized spacial score (nSPS) is 12.3. The van der Waals surface area contributed by atoms with Crippen LogP contribution in [0.1, 0.15) is 16.0 Å². The molecule has 3 nitrogen and oxygen atoms in total. The highest BCUT2D eigenvalue weighted by molar-refractivity contribution is 9.09. The summed E-state index contributed by atoms with van der Waals surface area (Å²) in [6, 6.07) is 17.0. The minimum Gasteiger partial charge on any atom is -0.497 e. The van der Waals surface area contributed by atoms with E-state index in [2.05, 4.69) is 15.9 Å². The van der Waals surface area contributed by atoms with Gasteiger partial charge in [-0.25, -0.2) is 4.79 Å². The van der Waals surface area contributed by atoms with E-state index in [0.29, 0.717) is 11.3 Å². The third-order valence-corrected chi connectivity index (χ3v) is 4.37. The zero-order valence-electron chi connectivity index (χ0n) is 11.4. The van der Waals surface area contributed by atoms with Crippen LogP contribution in [0.15, 0.2) is 63.8 Å². The molecule has 1 heterocycles. The van der Waals surface area contributed by atoms with Crippen LogP contribution in [0.25, 0.3) is 11.0 Å². The molecule has 0 aliphatic carbocycles. The standard InChI is InChI=1S/C17H13BrO3/c1-20-12-7-8-13-14(10-16(19)21-15(13)9-12)17(18)11-5-3-2-4-6-11/h2-10,17H,1H3. The Hall–Kier alpha value is -2.07. The molecule has 3 aromatic rings. The van der Waals surface area contributed by atoms with E-state index in [1.54, 1.807) is 13.2 Å². The number of rotatable bonds is 3. The van der Waals surface area contributed by atoms with Gasteiger partial charge in [-0.3, -0.25) is 0 Å². The molecule has 1 atom stereocenters. The highest BCUT2D eigenvalue weighted by atomic mass is 79.9. The molecule has 0 saturated heterocycles. The number of hydrogen-bond donors (Lipinski definition) is 0. The van der Waals surface area contributed by atoms with Crippen LogP contribution >= 0.6 is 15.9 Å². The fourth-order valence-corrected chi connectivity index (χ4v) is 2.99. The molecule has 1 aromatic heterocycles. The van der Waals surface area contributed by atoms with Gasteiger partial charge in [-0.2, -0.15) is 0 Å². The summed E-state index contributed by atoms with van der Waals surface area (Å²) in [6.07, 6.45) is 0. The summed E-state index contributed by atoms with van der Waals surface area (Å²) in [6.45, 7) is 0. The van der Waals surface area contributed by atoms with Crippen molar-refractivity contribution in [3.8, 4) is 5.75 Å². The number of benzene rings is 2. The second-order valence-corrected chi connectivity index (χ2v) is 5.57. The smallest absolute Gasteiger partial charge is 0.336 e. The second kappa shape index (κ2) is 5.74. The third-order valence-electron chi connectivity index (χ3n) is 3.35. The van der Waals surface area contributed by atoms with Crippen molar-refractivity contribution in [1.29, 1.82) is 0 Å². The van der Waals surface area contributed by atoms with Gasteiger partial charge >= 0.3 is 5.63 Å². The van der Waals surface area contributed by atoms with Crippen LogP contribution in [-0.2, 0) is 0 Å². The van der Waals surface area contributed by atoms with Crippen LogP contribution in [0.4, 0.5) is 0 Å². The molecule has 3 rings (SSSR count). The summed E-state index contributed by atoms with van der Waals surface area (Å²) >= 11 is 3.67. The van der Waals surface area contributed by atoms with Crippen molar-refractivity contribution in [2.75, 3.05) is 7.11 Å². The molecule has 0 spiro atoms. The predicted octanol–water partition coefficient (Wildman–Crippen LogP) is 4.29. The van der Waals surface area contributed by atoms with Crippen LogP contribution in [0.3, 0.4) is 0 Å². The lowest BCUT2D eigenvalue weighted by Crippen LogP contribution is -2.03. The number of halogens is 1. The zero-order chi connectivity index (χ0) is 14.8. The Morgan fingerprint density at radius 2 is 1.86 bits per heavy atom. The molecule has 0 bridgehead atoms. The first kappa shape index (κ1) is 13.9. The highest BCUT2D eigenvalue weighted by Gasteiger charge is 2.16. The predicted molar refractivity (Wildman–Crippen MR) is 86.2 cm³/mol. The number of fused-ring (bicyclic) bond motifs is 1. The lowest BCUT2D eigenvalue weighted by Gasteiger charge is -2.13. The van der Waals surface area contributed by atoms with Crippen molar-refractivity contribution >= 4 is 26.9 Å². The molecular formula is C17H13BrO3. The minimum atomic E-state index is -0.369. The first-order valence-corrected chi connectivity index (χ1v) is 7.41. The van der Waals surface area contributed by atoms with Crippen LogP contribution < -0.4 is 10.4 Å². The zero-order valence-corrected chi connectivity index (χ0v) is 13.0. The molecule has 0 N–H and O–H groups in total. The second-order valence-electron chi connectivity index (χ2n) is 4.66. The van der Waals surface area contributed by atoms with Gasteiger partial charge in [0, 0.05) is 17.5 Å². The van der Waals surface area contributed by atoms with Crippen LogP contribution in [-0.4, -0.2) is 7.11 Å². The lowest BCUT2D eigenvalue weighted by atomic mass is 10.0. The van der Waals surface area contributed by atoms with E-state index in [4.69, 9.17) is 9.15 Å². The number of alkyl halides is 1. The topological polar surface area (TPSA) is 39.4 Å². The van der Waals surface area contributed by atoms with Gasteiger partial charge in [0.2, 0.25) is 0 Å². The lowest BCUT2D eigenvalue weighted by molar-refractivity contribution is 0.414. The molecule has 1 unspecified atom stereocenters. The van der Waals surface area contributed by atoms with Gasteiger partial charge in [0.15, 0.2) is 0 Å². The summed E-state index contributed by atoms with van der Waals surface area (Å²) in [7, 11) is 1.58. The Bertz CT molecular complexity index is 824. The number of methoxy groups -OCH3 is 1. The third kappa shape index (κ3) is 2.72. The summed E-state index contributed by atoms with van der Waals surface area (Å²) in [5.41, 5.74) is 2.12. The van der Waals surface area contributed by atoms with E-state index in [0.717, 1.165) is 16.5 Å². The summed E-state index contributed by atoms with van der Waals surface area (Å²) in [4.78, 5) is 11.7. The van der Waals surface area contributed by atoms with Gasteiger partial charge in [-0.1, -0.05) is 46.3 Å². The monoisotopic (exact) mass is 344 g/mol. The number of hydrogen-bond acceptors (Lipinski definition) is 3. The molecule has 0 saturated carbocycles. The summed E-state index contributed by atoms with van der Waals surface area (Å²) < 4.78 is 10.4. The summed E-state index contributed by atoms with van der Waals surface area (Å²) in [5.74, 6) is 0.661. The first-order chi connectivity index (χ1) is 10.2. The van der Waals surface area contributed by atoms with Gasteiger partial charge in [-0.05, 0) is 23.3 Å². The Labute approximate surface area is 130 Å². The maximum Gasteiger partial charge on any atom is 0.336 e. The highest BCUT2D eigenvalue weighted by Crippen LogP contribution is 2.35. The SMILES string of the molecule is COc1ccc2c(C(Br)c3ccccc3)cc(=O)oc2c1. The van der Waals surface area contributed by atoms with Gasteiger partial charge in [-0.15, -0.1) is 0 Å². The van der Waals surface area contributed by atoms with Crippen molar-refractivity contribution in [3.05, 3.63) is 76.1 Å². The molecule has 4 heteroatoms. The summed E-state index contributed by atoms with van der Waals surface area (Å²) in [5, 5.41) is 0.890. The van der Waals surface area contributed by atoms with Gasteiger partial charge in [0.05, 0.1) is 11.9 Å². The van der Waals surface area contributed by atoms with E-state index in [1.807, 2.05) is 42.5 Å². The number of ether oxygens (including phenoxy) is 1. The largest absolute Gasteiger partial charge is 0.497 e. The fourth-order valence-electron chi connectivity index (χ4n) is 2.31. The van der Waals surface area contributed by atoms with E-state index in [1.165, 1.54) is 6.07 Å². The van der Waals surface area contributed by atoms with E-state index >= 15 is 0 Å². The quantitative estimate of drug-likeness (QED) is 0.525. The van der Waals surface area contributed by atoms with Crippen molar-refractivity contribution < 1.29 is 9.15 Å². The Morgan fingerprint density at radius 3 is 2.57 bits per heavy atom. The molecule has 21 heavy (non-hydrogen) atoms. The average Bonchev–Trinajstić information content (AvgIpc) is 2.53. The van der Waals surface area contributed by atoms with Gasteiger partial charge < -0.3 is 9.15 Å². The first-order valence-electron chi connectivity index (χ1n) is 6.50. The fraction of sp³-hybridized carbons (Fsp3) is 0.118. The van der Waals surface area contributed by atoms with E-state index in [9.17, 15) is 4.79 Å². The minimum absolute atomic E-state index is 0.0707. The van der Waals surface area contributed by atoms with Crippen LogP contribution in [0.2, 0.25) is 0 Å². The van der Waals surface area contributed by atoms with Crippen molar-refractivity contribution in [1.82, 2.24) is 0 Å². The van der Waals surface area contributed by atoms with E-state index < -0.39 is 0 Å². The molecule has 106 valence electrons. The van der Waals surface area contributed by atoms with Crippen LogP contribution in [0, 0.1) is 0 Å². The Balaban J connectivity index is 2.20. The Morgan fingerprint density at radius 1 is 1.10 bits per heavy atom. The molecule has 0 aliphatic rings. The molecule has 0 radical (unpaired) electrons. The molecule has 2 aromatic carbocycles.